The van der Waals surface area contributed by atoms with Crippen LogP contribution in [0, 0.1) is 0 Å². The third kappa shape index (κ3) is 9.22. The van der Waals surface area contributed by atoms with E-state index in [4.69, 9.17) is 54.4 Å². The molecular weight excluding hydrogens is 837 g/mol. The Balaban J connectivity index is 0.803. The Labute approximate surface area is 360 Å². The molecule has 0 bridgehead atoms. The normalized spacial score (nSPS) is 16.9. The number of rotatable bonds is 14. The van der Waals surface area contributed by atoms with E-state index in [1.54, 1.807) is 48.5 Å². The molecule has 3 amide bonds. The molecule has 4 aromatic carbocycles. The van der Waals surface area contributed by atoms with Crippen LogP contribution in [0.2, 0.25) is 10.0 Å². The van der Waals surface area contributed by atoms with E-state index in [2.05, 4.69) is 21.3 Å². The number of thiocarbonyl (C=S) groups is 1. The average molecular weight is 879 g/mol. The first-order valence-electron chi connectivity index (χ1n) is 19.0. The van der Waals surface area contributed by atoms with Crippen LogP contribution in [-0.4, -0.2) is 102 Å². The highest BCUT2D eigenvalue weighted by atomic mass is 35.5. The van der Waals surface area contributed by atoms with Crippen LogP contribution < -0.4 is 26.0 Å². The quantitative estimate of drug-likeness (QED) is 0.0577. The van der Waals surface area contributed by atoms with Gasteiger partial charge in [-0.05, 0) is 72.7 Å². The van der Waals surface area contributed by atoms with Crippen molar-refractivity contribution in [2.24, 2.45) is 0 Å². The van der Waals surface area contributed by atoms with Gasteiger partial charge >= 0.3 is 5.97 Å². The summed E-state index contributed by atoms with van der Waals surface area (Å²) in [7, 11) is 0. The van der Waals surface area contributed by atoms with Crippen LogP contribution in [0.1, 0.15) is 46.0 Å². The molecule has 0 radical (unpaired) electrons. The Morgan fingerprint density at radius 3 is 2.17 bits per heavy atom. The highest BCUT2D eigenvalue weighted by molar-refractivity contribution is 7.80. The number of phenolic OH excluding ortho intramolecular Hbond substituents is 2. The SMILES string of the molecule is CC(=O)N1C[C@H](NC(=O)Cc2ccc(Cl)cc2Cl)C[C@@H]1C(=O)NCCOCCOCCNC(=S)Nc1ccc2c(c1)C(=O)OC21c2ccc(O)cc2Oc2cc(O)ccc21. The summed E-state index contributed by atoms with van der Waals surface area (Å²) < 4.78 is 23.3. The average Bonchev–Trinajstić information content (AvgIpc) is 3.75. The predicted molar refractivity (Wildman–Crippen MR) is 225 cm³/mol. The summed E-state index contributed by atoms with van der Waals surface area (Å²) in [5.41, 5.74) is 1.75. The lowest BCUT2D eigenvalue weighted by atomic mass is 9.77. The van der Waals surface area contributed by atoms with E-state index < -0.39 is 23.7 Å². The number of amides is 3. The van der Waals surface area contributed by atoms with Gasteiger partial charge < -0.3 is 55.3 Å². The van der Waals surface area contributed by atoms with Crippen molar-refractivity contribution in [1.29, 1.82) is 0 Å². The number of phenols is 2. The molecular formula is C42H41Cl2N5O10S. The number of fused-ring (bicyclic) bond motifs is 6. The third-order valence-electron chi connectivity index (χ3n) is 10.2. The second-order valence-electron chi connectivity index (χ2n) is 14.3. The van der Waals surface area contributed by atoms with Gasteiger partial charge in [0.1, 0.15) is 29.0 Å². The van der Waals surface area contributed by atoms with E-state index in [1.165, 1.54) is 36.1 Å². The molecule has 314 valence electrons. The summed E-state index contributed by atoms with van der Waals surface area (Å²) >= 11 is 17.6. The summed E-state index contributed by atoms with van der Waals surface area (Å²) in [6.07, 6.45) is 0.314. The second kappa shape index (κ2) is 18.3. The van der Waals surface area contributed by atoms with Crippen LogP contribution in [0.3, 0.4) is 0 Å². The fourth-order valence-electron chi connectivity index (χ4n) is 7.54. The number of likely N-dealkylation sites (tertiary alicyclic amines) is 1. The number of ether oxygens (including phenoxy) is 4. The van der Waals surface area contributed by atoms with Gasteiger partial charge in [-0.1, -0.05) is 35.3 Å². The fourth-order valence-corrected chi connectivity index (χ4v) is 8.23. The van der Waals surface area contributed by atoms with Gasteiger partial charge in [-0.25, -0.2) is 4.79 Å². The van der Waals surface area contributed by atoms with Crippen LogP contribution in [0.25, 0.3) is 0 Å². The lowest BCUT2D eigenvalue weighted by Crippen LogP contribution is -2.46. The molecule has 1 spiro atoms. The molecule has 0 saturated carbocycles. The van der Waals surface area contributed by atoms with Gasteiger partial charge in [0.15, 0.2) is 10.7 Å². The van der Waals surface area contributed by atoms with Crippen molar-refractivity contribution in [2.75, 3.05) is 51.4 Å². The number of esters is 1. The molecule has 60 heavy (non-hydrogen) atoms. The number of hydrogen-bond acceptors (Lipinski definition) is 11. The first-order chi connectivity index (χ1) is 28.8. The van der Waals surface area contributed by atoms with Crippen molar-refractivity contribution >= 4 is 69.9 Å². The van der Waals surface area contributed by atoms with Crippen LogP contribution in [-0.2, 0) is 40.6 Å². The van der Waals surface area contributed by atoms with Gasteiger partial charge in [0.25, 0.3) is 0 Å². The standard InChI is InChI=1S/C42H41Cl2N5O10S/c1-23(50)49-22-27(47-38(53)16-24-2-3-25(43)17-34(24)44)19-35(49)39(54)45-10-12-56-14-15-57-13-11-46-41(60)48-26-4-7-31-30(18-26)40(55)59-42(31)32-8-5-28(51)20-36(32)58-37-21-29(52)6-9-33(37)42/h2-9,17-18,20-21,27,35,51-52H,10-16,19,22H2,1H3,(H,45,54)(H,47,53)(H2,46,48,60)/t27-,35-/m1/s1. The zero-order valence-corrected chi connectivity index (χ0v) is 34.5. The molecule has 4 aromatic rings. The molecule has 0 aliphatic carbocycles. The first-order valence-corrected chi connectivity index (χ1v) is 20.2. The topological polar surface area (TPSA) is 197 Å². The summed E-state index contributed by atoms with van der Waals surface area (Å²) in [5.74, 6) is -0.914. The molecule has 3 aliphatic heterocycles. The van der Waals surface area contributed by atoms with Crippen molar-refractivity contribution in [3.8, 4) is 23.0 Å². The van der Waals surface area contributed by atoms with Crippen molar-refractivity contribution in [2.45, 2.75) is 37.5 Å². The lowest BCUT2D eigenvalue weighted by molar-refractivity contribution is -0.137. The van der Waals surface area contributed by atoms with E-state index in [0.717, 1.165) is 0 Å². The lowest BCUT2D eigenvalue weighted by Gasteiger charge is -2.36. The molecule has 15 nitrogen and oxygen atoms in total. The Bertz CT molecular complexity index is 2300. The number of carbonyl (C=O) groups excluding carboxylic acids is 4. The number of benzene rings is 4. The highest BCUT2D eigenvalue weighted by Crippen LogP contribution is 2.57. The maximum atomic E-state index is 13.4. The van der Waals surface area contributed by atoms with Gasteiger partial charge in [-0.2, -0.15) is 0 Å². The Hall–Kier alpha value is -5.65. The Morgan fingerprint density at radius 1 is 0.867 bits per heavy atom. The Kier molecular flexibility index (Phi) is 13.0. The van der Waals surface area contributed by atoms with Crippen LogP contribution in [0.5, 0.6) is 23.0 Å². The number of nitrogens with zero attached hydrogens (tertiary/aromatic N) is 1. The van der Waals surface area contributed by atoms with Gasteiger partial charge in [-0.15, -0.1) is 0 Å². The summed E-state index contributed by atoms with van der Waals surface area (Å²) in [6.45, 7) is 3.33. The molecule has 0 aromatic heterocycles. The zero-order valence-electron chi connectivity index (χ0n) is 32.2. The van der Waals surface area contributed by atoms with Gasteiger partial charge in [0.2, 0.25) is 17.7 Å². The summed E-state index contributed by atoms with van der Waals surface area (Å²) in [5, 5.41) is 33.3. The van der Waals surface area contributed by atoms with Crippen LogP contribution in [0.15, 0.2) is 72.8 Å². The monoisotopic (exact) mass is 877 g/mol. The maximum Gasteiger partial charge on any atom is 0.340 e. The third-order valence-corrected chi connectivity index (χ3v) is 11.1. The van der Waals surface area contributed by atoms with Gasteiger partial charge in [0, 0.05) is 77.2 Å². The number of hydrogen-bond donors (Lipinski definition) is 6. The number of anilines is 1. The maximum absolute atomic E-state index is 13.4. The minimum absolute atomic E-state index is 0.0295. The van der Waals surface area contributed by atoms with E-state index in [1.807, 2.05) is 0 Å². The molecule has 3 aliphatic rings. The number of nitrogens with one attached hydrogen (secondary N) is 4. The number of aromatic hydroxyl groups is 2. The van der Waals surface area contributed by atoms with Crippen molar-refractivity contribution in [3.63, 3.8) is 0 Å². The van der Waals surface area contributed by atoms with Gasteiger partial charge in [0.05, 0.1) is 38.4 Å². The molecule has 18 heteroatoms. The van der Waals surface area contributed by atoms with E-state index in [9.17, 15) is 29.4 Å². The van der Waals surface area contributed by atoms with E-state index in [-0.39, 0.29) is 68.4 Å². The molecule has 6 N–H and O–H groups in total. The zero-order chi connectivity index (χ0) is 42.6. The minimum Gasteiger partial charge on any atom is -0.508 e. The van der Waals surface area contributed by atoms with Crippen molar-refractivity contribution < 1.29 is 48.3 Å². The van der Waals surface area contributed by atoms with E-state index >= 15 is 0 Å². The molecule has 3 heterocycles. The van der Waals surface area contributed by atoms with Gasteiger partial charge in [-0.3, -0.25) is 14.4 Å². The molecule has 1 saturated heterocycles. The largest absolute Gasteiger partial charge is 0.508 e. The molecule has 2 atom stereocenters. The highest BCUT2D eigenvalue weighted by Gasteiger charge is 2.53. The fraction of sp³-hybridized carbons (Fsp3) is 0.310. The smallest absolute Gasteiger partial charge is 0.340 e. The minimum atomic E-state index is -1.36. The van der Waals surface area contributed by atoms with Crippen molar-refractivity contribution in [1.82, 2.24) is 20.9 Å². The van der Waals surface area contributed by atoms with Crippen molar-refractivity contribution in [3.05, 3.63) is 111 Å². The summed E-state index contributed by atoms with van der Waals surface area (Å²) in [6, 6.07) is 18.1. The number of halogens is 2. The molecule has 1 fully saturated rings. The first kappa shape index (κ1) is 42.5. The summed E-state index contributed by atoms with van der Waals surface area (Å²) in [4.78, 5) is 52.8. The van der Waals surface area contributed by atoms with Crippen LogP contribution >= 0.6 is 35.4 Å². The predicted octanol–water partition coefficient (Wildman–Crippen LogP) is 4.76. The van der Waals surface area contributed by atoms with Crippen LogP contribution in [0.4, 0.5) is 5.69 Å². The molecule has 7 rings (SSSR count). The molecule has 0 unspecified atom stereocenters. The second-order valence-corrected chi connectivity index (χ2v) is 15.5. The van der Waals surface area contributed by atoms with E-state index in [0.29, 0.717) is 79.9 Å². The Morgan fingerprint density at radius 2 is 1.52 bits per heavy atom. The number of carbonyl (C=O) groups is 4.